The van der Waals surface area contributed by atoms with Crippen molar-refractivity contribution in [1.29, 1.82) is 0 Å². The van der Waals surface area contributed by atoms with Crippen LogP contribution < -0.4 is 9.26 Å². The predicted octanol–water partition coefficient (Wildman–Crippen LogP) is 1.07. The van der Waals surface area contributed by atoms with Crippen molar-refractivity contribution in [3.8, 4) is 11.5 Å². The lowest BCUT2D eigenvalue weighted by atomic mass is 9.49. The van der Waals surface area contributed by atoms with Crippen molar-refractivity contribution >= 4 is 13.6 Å². The van der Waals surface area contributed by atoms with Crippen LogP contribution in [-0.4, -0.2) is 56.4 Å². The van der Waals surface area contributed by atoms with Crippen molar-refractivity contribution < 1.29 is 33.5 Å². The average molecular weight is 407 g/mol. The minimum absolute atomic E-state index is 0.0852. The van der Waals surface area contributed by atoms with Crippen LogP contribution in [0, 0.1) is 0 Å². The molecule has 2 bridgehead atoms. The largest absolute Gasteiger partial charge is 0.524 e. The molecule has 4 atom stereocenters. The summed E-state index contributed by atoms with van der Waals surface area (Å²) in [7, 11) is -4.80. The number of hydrogen-bond acceptors (Lipinski definition) is 6. The first-order chi connectivity index (χ1) is 13.2. The number of phosphoric ester groups is 1. The molecule has 2 fully saturated rings. The van der Waals surface area contributed by atoms with Gasteiger partial charge in [0, 0.05) is 31.1 Å². The molecule has 1 spiro atoms. The quantitative estimate of drug-likeness (QED) is 0.501. The van der Waals surface area contributed by atoms with Gasteiger partial charge in [-0.15, -0.1) is 6.58 Å². The molecule has 2 aliphatic heterocycles. The van der Waals surface area contributed by atoms with Crippen LogP contribution in [0.2, 0.25) is 0 Å². The molecular formula is C19H22NO7P. The molecule has 1 saturated heterocycles. The summed E-state index contributed by atoms with van der Waals surface area (Å²) in [6.07, 6.45) is 2.58. The first-order valence-corrected chi connectivity index (χ1v) is 10.9. The molecule has 150 valence electrons. The number of rotatable bonds is 4. The Kier molecular flexibility index (Phi) is 3.72. The standard InChI is InChI=1S/C19H22NO7P/c1-2-8-20-9-7-18-15-11-3-4-13(27-28(23,24)25)16(15)26-17(18)12(21)5-6-19(18,22)14(20)10-11/h2-4,14,17,22H,1,5-10H2,(H2,23,24,25)/t14?,17-,18-,19+/m0/s1. The molecule has 1 saturated carbocycles. The molecule has 9 heteroatoms. The number of phosphoric acid groups is 1. The third-order valence-electron chi connectivity index (χ3n) is 6.93. The van der Waals surface area contributed by atoms with Gasteiger partial charge in [-0.3, -0.25) is 19.5 Å². The Hall–Kier alpha value is -1.70. The number of piperidine rings is 1. The minimum Gasteiger partial charge on any atom is -0.477 e. The molecule has 1 aromatic rings. The summed E-state index contributed by atoms with van der Waals surface area (Å²) in [6.45, 7) is 5.14. The van der Waals surface area contributed by atoms with Gasteiger partial charge in [-0.05, 0) is 30.9 Å². The maximum atomic E-state index is 12.8. The highest BCUT2D eigenvalue weighted by atomic mass is 31.2. The van der Waals surface area contributed by atoms with Gasteiger partial charge in [0.25, 0.3) is 0 Å². The molecule has 1 aromatic carbocycles. The van der Waals surface area contributed by atoms with E-state index >= 15 is 0 Å². The highest BCUT2D eigenvalue weighted by molar-refractivity contribution is 7.46. The van der Waals surface area contributed by atoms with E-state index in [0.717, 1.165) is 5.56 Å². The van der Waals surface area contributed by atoms with Gasteiger partial charge in [0.2, 0.25) is 0 Å². The normalized spacial score (nSPS) is 35.9. The van der Waals surface area contributed by atoms with Crippen LogP contribution in [-0.2, 0) is 21.2 Å². The van der Waals surface area contributed by atoms with Crippen LogP contribution in [0.1, 0.15) is 30.4 Å². The molecule has 8 nitrogen and oxygen atoms in total. The van der Waals surface area contributed by atoms with E-state index in [1.807, 2.05) is 6.08 Å². The monoisotopic (exact) mass is 407 g/mol. The van der Waals surface area contributed by atoms with Crippen molar-refractivity contribution in [1.82, 2.24) is 4.90 Å². The third kappa shape index (κ3) is 2.15. The number of likely N-dealkylation sites (tertiary alicyclic amines) is 1. The van der Waals surface area contributed by atoms with E-state index < -0.39 is 24.9 Å². The van der Waals surface area contributed by atoms with Gasteiger partial charge in [0.1, 0.15) is 0 Å². The molecule has 5 rings (SSSR count). The Balaban J connectivity index is 1.74. The summed E-state index contributed by atoms with van der Waals surface area (Å²) in [4.78, 5) is 33.5. The summed E-state index contributed by atoms with van der Waals surface area (Å²) in [5.41, 5.74) is -0.463. The zero-order valence-electron chi connectivity index (χ0n) is 15.2. The van der Waals surface area contributed by atoms with Gasteiger partial charge in [-0.1, -0.05) is 12.1 Å². The minimum atomic E-state index is -4.80. The number of carbonyl (C=O) groups excluding carboxylic acids is 1. The van der Waals surface area contributed by atoms with Crippen LogP contribution in [0.3, 0.4) is 0 Å². The summed E-state index contributed by atoms with van der Waals surface area (Å²) >= 11 is 0. The maximum Gasteiger partial charge on any atom is 0.524 e. The van der Waals surface area contributed by atoms with Gasteiger partial charge in [0.15, 0.2) is 23.4 Å². The first kappa shape index (κ1) is 18.3. The van der Waals surface area contributed by atoms with Crippen molar-refractivity contribution in [2.45, 2.75) is 48.8 Å². The summed E-state index contributed by atoms with van der Waals surface area (Å²) in [6, 6.07) is 3.06. The first-order valence-electron chi connectivity index (χ1n) is 9.39. The number of nitrogens with zero attached hydrogens (tertiary/aromatic N) is 1. The topological polar surface area (TPSA) is 117 Å². The lowest BCUT2D eigenvalue weighted by Crippen LogP contribution is -2.76. The van der Waals surface area contributed by atoms with E-state index in [9.17, 15) is 24.3 Å². The van der Waals surface area contributed by atoms with E-state index in [1.165, 1.54) is 6.07 Å². The second kappa shape index (κ2) is 5.68. The molecule has 0 amide bonds. The fourth-order valence-electron chi connectivity index (χ4n) is 5.99. The van der Waals surface area contributed by atoms with E-state index in [0.29, 0.717) is 37.9 Å². The number of hydrogen-bond donors (Lipinski definition) is 3. The molecule has 4 aliphatic rings. The van der Waals surface area contributed by atoms with Crippen molar-refractivity contribution in [2.24, 2.45) is 0 Å². The van der Waals surface area contributed by atoms with Gasteiger partial charge >= 0.3 is 7.82 Å². The van der Waals surface area contributed by atoms with Crippen molar-refractivity contribution in [3.05, 3.63) is 35.9 Å². The van der Waals surface area contributed by atoms with Crippen LogP contribution in [0.25, 0.3) is 0 Å². The third-order valence-corrected chi connectivity index (χ3v) is 7.37. The van der Waals surface area contributed by atoms with E-state index in [2.05, 4.69) is 11.5 Å². The van der Waals surface area contributed by atoms with Gasteiger partial charge < -0.3 is 14.4 Å². The molecule has 3 N–H and O–H groups in total. The highest BCUT2D eigenvalue weighted by Gasteiger charge is 2.73. The zero-order chi connectivity index (χ0) is 19.9. The molecule has 0 radical (unpaired) electrons. The number of ether oxygens (including phenoxy) is 1. The van der Waals surface area contributed by atoms with Crippen LogP contribution >= 0.6 is 7.82 Å². The molecule has 2 heterocycles. The van der Waals surface area contributed by atoms with Crippen LogP contribution in [0.15, 0.2) is 24.8 Å². The SMILES string of the molecule is C=CCN1CC[C@]23c4c5ccc(OP(=O)(O)O)c4O[C@H]2C(=O)CC[C@@]3(O)C1C5. The molecule has 1 unspecified atom stereocenters. The predicted molar refractivity (Wildman–Crippen MR) is 98.3 cm³/mol. The Morgan fingerprint density at radius 3 is 2.89 bits per heavy atom. The van der Waals surface area contributed by atoms with E-state index in [4.69, 9.17) is 9.26 Å². The van der Waals surface area contributed by atoms with Crippen molar-refractivity contribution in [2.75, 3.05) is 13.1 Å². The van der Waals surface area contributed by atoms with E-state index in [1.54, 1.807) is 6.07 Å². The van der Waals surface area contributed by atoms with E-state index in [-0.39, 0.29) is 29.7 Å². The van der Waals surface area contributed by atoms with Gasteiger partial charge in [0.05, 0.1) is 11.0 Å². The smallest absolute Gasteiger partial charge is 0.477 e. The lowest BCUT2D eigenvalue weighted by molar-refractivity contribution is -0.187. The number of Topliss-reactive ketones (excluding diaryl/α,β-unsaturated/α-hetero) is 1. The average Bonchev–Trinajstić information content (AvgIpc) is 2.97. The summed E-state index contributed by atoms with van der Waals surface area (Å²) < 4.78 is 22.3. The Labute approximate surface area is 162 Å². The summed E-state index contributed by atoms with van der Waals surface area (Å²) in [5, 5.41) is 11.9. The van der Waals surface area contributed by atoms with Crippen molar-refractivity contribution in [3.63, 3.8) is 0 Å². The number of carbonyl (C=O) groups is 1. The Morgan fingerprint density at radius 2 is 2.18 bits per heavy atom. The number of ketones is 1. The second-order valence-corrected chi connectivity index (χ2v) is 9.29. The number of aliphatic hydroxyl groups is 1. The Morgan fingerprint density at radius 1 is 1.39 bits per heavy atom. The van der Waals surface area contributed by atoms with Crippen LogP contribution in [0.5, 0.6) is 11.5 Å². The lowest BCUT2D eigenvalue weighted by Gasteiger charge is -2.62. The second-order valence-electron chi connectivity index (χ2n) is 8.12. The number of benzene rings is 1. The molecule has 28 heavy (non-hydrogen) atoms. The van der Waals surface area contributed by atoms with Gasteiger partial charge in [-0.2, -0.15) is 0 Å². The van der Waals surface area contributed by atoms with Crippen LogP contribution in [0.4, 0.5) is 0 Å². The highest BCUT2D eigenvalue weighted by Crippen LogP contribution is 2.65. The fraction of sp³-hybridized carbons (Fsp3) is 0.526. The zero-order valence-corrected chi connectivity index (χ0v) is 16.1. The molecular weight excluding hydrogens is 385 g/mol. The summed E-state index contributed by atoms with van der Waals surface area (Å²) in [5.74, 6) is 0.0138. The fourth-order valence-corrected chi connectivity index (χ4v) is 6.39. The Bertz CT molecular complexity index is 942. The van der Waals surface area contributed by atoms with Gasteiger partial charge in [-0.25, -0.2) is 4.57 Å². The molecule has 2 aliphatic carbocycles. The molecule has 0 aromatic heterocycles. The maximum absolute atomic E-state index is 12.8.